The van der Waals surface area contributed by atoms with Gasteiger partial charge in [-0.3, -0.25) is 0 Å². The Labute approximate surface area is 125 Å². The lowest BCUT2D eigenvalue weighted by Crippen LogP contribution is -1.84. The summed E-state index contributed by atoms with van der Waals surface area (Å²) in [6.45, 7) is 6.66. The lowest BCUT2D eigenvalue weighted by molar-refractivity contribution is 1.14. The highest BCUT2D eigenvalue weighted by Gasteiger charge is 2.12. The van der Waals surface area contributed by atoms with E-state index in [1.54, 1.807) is 0 Å². The number of halogens is 1. The minimum Gasteiger partial charge on any atom is -0.134 e. The number of aryl methyl sites for hydroxylation is 3. The summed E-state index contributed by atoms with van der Waals surface area (Å²) >= 11 is 4.46. The van der Waals surface area contributed by atoms with Crippen molar-refractivity contribution in [2.24, 2.45) is 0 Å². The summed E-state index contributed by atoms with van der Waals surface area (Å²) in [5.41, 5.74) is 4.28. The highest BCUT2D eigenvalue weighted by molar-refractivity contribution is 14.1. The monoisotopic (exact) mass is 366 g/mol. The predicted octanol–water partition coefficient (Wildman–Crippen LogP) is 5.84. The Bertz CT molecular complexity index is 753. The Hall–Kier alpha value is -0.610. The Morgan fingerprint density at radius 2 is 1.67 bits per heavy atom. The van der Waals surface area contributed by atoms with Gasteiger partial charge in [0.05, 0.1) is 0 Å². The second-order valence-corrected chi connectivity index (χ2v) is 6.85. The van der Waals surface area contributed by atoms with Crippen molar-refractivity contribution in [3.8, 4) is 0 Å². The van der Waals surface area contributed by atoms with E-state index in [0.29, 0.717) is 0 Å². The van der Waals surface area contributed by atoms with E-state index >= 15 is 0 Å². The number of rotatable bonds is 1. The van der Waals surface area contributed by atoms with E-state index in [1.165, 1.54) is 40.4 Å². The van der Waals surface area contributed by atoms with Gasteiger partial charge in [-0.1, -0.05) is 31.2 Å². The van der Waals surface area contributed by atoms with E-state index in [0.717, 1.165) is 6.42 Å². The summed E-state index contributed by atoms with van der Waals surface area (Å²) in [5.74, 6) is 0. The Morgan fingerprint density at radius 3 is 2.39 bits per heavy atom. The van der Waals surface area contributed by atoms with E-state index in [1.807, 2.05) is 11.3 Å². The van der Waals surface area contributed by atoms with Crippen molar-refractivity contribution < 1.29 is 0 Å². The van der Waals surface area contributed by atoms with Crippen molar-refractivity contribution >= 4 is 54.1 Å². The average molecular weight is 366 g/mol. The van der Waals surface area contributed by atoms with Gasteiger partial charge in [0.1, 0.15) is 0 Å². The number of hydrogen-bond donors (Lipinski definition) is 0. The molecule has 0 spiro atoms. The van der Waals surface area contributed by atoms with E-state index < -0.39 is 0 Å². The van der Waals surface area contributed by atoms with Gasteiger partial charge in [-0.25, -0.2) is 0 Å². The minimum absolute atomic E-state index is 1.11. The molecule has 0 aliphatic carbocycles. The largest absolute Gasteiger partial charge is 0.134 e. The van der Waals surface area contributed by atoms with Crippen molar-refractivity contribution in [3.05, 3.63) is 44.5 Å². The van der Waals surface area contributed by atoms with Gasteiger partial charge in [0, 0.05) is 23.7 Å². The normalized spacial score (nSPS) is 11.6. The third-order valence-electron chi connectivity index (χ3n) is 3.73. The molecule has 2 heteroatoms. The molecule has 3 rings (SSSR count). The zero-order valence-electron chi connectivity index (χ0n) is 10.8. The summed E-state index contributed by atoms with van der Waals surface area (Å²) in [5, 5.41) is 2.83. The van der Waals surface area contributed by atoms with Crippen LogP contribution in [-0.4, -0.2) is 0 Å². The molecule has 0 fully saturated rings. The zero-order valence-corrected chi connectivity index (χ0v) is 13.8. The second kappa shape index (κ2) is 4.49. The molecule has 0 atom stereocenters. The zero-order chi connectivity index (χ0) is 12.9. The predicted molar refractivity (Wildman–Crippen MR) is 90.9 cm³/mol. The Morgan fingerprint density at radius 1 is 1.00 bits per heavy atom. The molecule has 0 saturated carbocycles. The fourth-order valence-corrected chi connectivity index (χ4v) is 4.91. The summed E-state index contributed by atoms with van der Waals surface area (Å²) < 4.78 is 4.35. The molecular formula is C16H15IS. The van der Waals surface area contributed by atoms with Crippen LogP contribution in [-0.2, 0) is 6.42 Å². The van der Waals surface area contributed by atoms with Crippen molar-refractivity contribution in [1.29, 1.82) is 0 Å². The SMILES string of the molecule is CCc1ccc2c(sc3c(C)c(C)ccc32)c1I. The average Bonchev–Trinajstić information content (AvgIpc) is 2.75. The molecule has 0 aliphatic heterocycles. The Balaban J connectivity index is 2.50. The summed E-state index contributed by atoms with van der Waals surface area (Å²) in [4.78, 5) is 0. The molecule has 0 nitrogen and oxygen atoms in total. The van der Waals surface area contributed by atoms with E-state index in [4.69, 9.17) is 0 Å². The van der Waals surface area contributed by atoms with Gasteiger partial charge >= 0.3 is 0 Å². The topological polar surface area (TPSA) is 0 Å². The third kappa shape index (κ3) is 1.69. The maximum atomic E-state index is 2.50. The maximum absolute atomic E-state index is 2.50. The van der Waals surface area contributed by atoms with Gasteiger partial charge in [-0.2, -0.15) is 0 Å². The molecule has 0 N–H and O–H groups in total. The van der Waals surface area contributed by atoms with Crippen LogP contribution in [0.4, 0.5) is 0 Å². The van der Waals surface area contributed by atoms with E-state index in [-0.39, 0.29) is 0 Å². The molecule has 18 heavy (non-hydrogen) atoms. The van der Waals surface area contributed by atoms with Crippen LogP contribution in [0, 0.1) is 17.4 Å². The quantitative estimate of drug-likeness (QED) is 0.475. The lowest BCUT2D eigenvalue weighted by Gasteiger charge is -2.02. The molecule has 0 saturated heterocycles. The summed E-state index contributed by atoms with van der Waals surface area (Å²) in [6, 6.07) is 9.10. The summed E-state index contributed by atoms with van der Waals surface area (Å²) in [7, 11) is 0. The van der Waals surface area contributed by atoms with Crippen LogP contribution in [0.15, 0.2) is 24.3 Å². The number of fused-ring (bicyclic) bond motifs is 3. The van der Waals surface area contributed by atoms with Gasteiger partial charge in [-0.15, -0.1) is 11.3 Å². The highest BCUT2D eigenvalue weighted by atomic mass is 127. The van der Waals surface area contributed by atoms with Gasteiger partial charge in [-0.05, 0) is 59.5 Å². The van der Waals surface area contributed by atoms with Crippen molar-refractivity contribution in [2.75, 3.05) is 0 Å². The first-order valence-electron chi connectivity index (χ1n) is 6.23. The molecule has 0 aliphatic rings. The van der Waals surface area contributed by atoms with Gasteiger partial charge in [0.2, 0.25) is 0 Å². The fourth-order valence-electron chi connectivity index (χ4n) is 2.42. The Kier molecular flexibility index (Phi) is 3.10. The van der Waals surface area contributed by atoms with Crippen LogP contribution in [0.3, 0.4) is 0 Å². The second-order valence-electron chi connectivity index (χ2n) is 4.76. The molecule has 0 bridgehead atoms. The van der Waals surface area contributed by atoms with Crippen LogP contribution >= 0.6 is 33.9 Å². The smallest absolute Gasteiger partial charge is 0.0491 e. The standard InChI is InChI=1S/C16H15IS/c1-4-11-6-8-13-12-7-5-9(2)10(3)15(12)18-16(13)14(11)17/h5-8H,4H2,1-3H3. The molecule has 1 heterocycles. The van der Waals surface area contributed by atoms with Crippen LogP contribution in [0.25, 0.3) is 20.2 Å². The summed E-state index contributed by atoms with van der Waals surface area (Å²) in [6.07, 6.45) is 1.11. The van der Waals surface area contributed by atoms with E-state index in [2.05, 4.69) is 67.6 Å². The van der Waals surface area contributed by atoms with Gasteiger partial charge in [0.15, 0.2) is 0 Å². The molecular weight excluding hydrogens is 351 g/mol. The van der Waals surface area contributed by atoms with Crippen molar-refractivity contribution in [2.45, 2.75) is 27.2 Å². The third-order valence-corrected chi connectivity index (χ3v) is 6.69. The molecule has 92 valence electrons. The van der Waals surface area contributed by atoms with Crippen LogP contribution in [0.1, 0.15) is 23.6 Å². The molecule has 1 aromatic heterocycles. The molecule has 2 aromatic carbocycles. The minimum atomic E-state index is 1.11. The van der Waals surface area contributed by atoms with E-state index in [9.17, 15) is 0 Å². The lowest BCUT2D eigenvalue weighted by atomic mass is 10.0. The highest BCUT2D eigenvalue weighted by Crippen LogP contribution is 2.39. The molecule has 0 unspecified atom stereocenters. The van der Waals surface area contributed by atoms with Crippen LogP contribution in [0.5, 0.6) is 0 Å². The number of hydrogen-bond acceptors (Lipinski definition) is 1. The van der Waals surface area contributed by atoms with Crippen molar-refractivity contribution in [3.63, 3.8) is 0 Å². The first kappa shape index (κ1) is 12.4. The van der Waals surface area contributed by atoms with Crippen LogP contribution < -0.4 is 0 Å². The number of thiophene rings is 1. The van der Waals surface area contributed by atoms with Crippen LogP contribution in [0.2, 0.25) is 0 Å². The van der Waals surface area contributed by atoms with Gasteiger partial charge < -0.3 is 0 Å². The van der Waals surface area contributed by atoms with Gasteiger partial charge in [0.25, 0.3) is 0 Å². The number of benzene rings is 2. The molecule has 0 amide bonds. The maximum Gasteiger partial charge on any atom is 0.0491 e. The first-order chi connectivity index (χ1) is 8.63. The molecule has 0 radical (unpaired) electrons. The fraction of sp³-hybridized carbons (Fsp3) is 0.250. The van der Waals surface area contributed by atoms with Crippen molar-refractivity contribution in [1.82, 2.24) is 0 Å². The first-order valence-corrected chi connectivity index (χ1v) is 8.12. The molecule has 3 aromatic rings.